The second-order valence-electron chi connectivity index (χ2n) is 6.24. The summed E-state index contributed by atoms with van der Waals surface area (Å²) in [6, 6.07) is 13.2. The van der Waals surface area contributed by atoms with Crippen molar-refractivity contribution in [1.82, 2.24) is 5.32 Å². The Kier molecular flexibility index (Phi) is 4.05. The number of carbonyl (C=O) groups excluding carboxylic acids is 2. The van der Waals surface area contributed by atoms with E-state index in [-0.39, 0.29) is 11.8 Å². The first-order valence-electron chi connectivity index (χ1n) is 8.12. The lowest BCUT2D eigenvalue weighted by Crippen LogP contribution is -2.52. The van der Waals surface area contributed by atoms with Crippen molar-refractivity contribution in [2.45, 2.75) is 19.5 Å². The van der Waals surface area contributed by atoms with Crippen molar-refractivity contribution < 1.29 is 9.59 Å². The summed E-state index contributed by atoms with van der Waals surface area (Å²) in [6.45, 7) is 3.77. The van der Waals surface area contributed by atoms with E-state index >= 15 is 0 Å². The number of amides is 2. The minimum absolute atomic E-state index is 0.165. The van der Waals surface area contributed by atoms with Crippen LogP contribution in [0.15, 0.2) is 47.8 Å². The molecule has 0 spiro atoms. The molecule has 1 aromatic carbocycles. The van der Waals surface area contributed by atoms with Crippen LogP contribution in [0.2, 0.25) is 0 Å². The van der Waals surface area contributed by atoms with Crippen molar-refractivity contribution in [2.24, 2.45) is 0 Å². The van der Waals surface area contributed by atoms with E-state index in [9.17, 15) is 9.59 Å². The lowest BCUT2D eigenvalue weighted by atomic mass is 10.0. The quantitative estimate of drug-likeness (QED) is 0.628. The number of benzene rings is 1. The summed E-state index contributed by atoms with van der Waals surface area (Å²) in [5.74, 6) is -0.386. The van der Waals surface area contributed by atoms with Gasteiger partial charge in [-0.05, 0) is 37.4 Å². The maximum absolute atomic E-state index is 12.8. The Labute approximate surface area is 159 Å². The molecule has 1 aliphatic heterocycles. The average Bonchev–Trinajstić information content (AvgIpc) is 3.24. The van der Waals surface area contributed by atoms with Crippen LogP contribution in [0.3, 0.4) is 0 Å². The molecule has 0 aliphatic carbocycles. The molecular formula is C19H17N3O2S2. The first-order valence-corrected chi connectivity index (χ1v) is 9.82. The monoisotopic (exact) mass is 383 g/mol. The number of anilines is 2. The molecule has 3 N–H and O–H groups in total. The van der Waals surface area contributed by atoms with E-state index in [4.69, 9.17) is 0 Å². The number of nitrogens with one attached hydrogen (secondary N) is 3. The summed E-state index contributed by atoms with van der Waals surface area (Å²) >= 11 is 2.88. The number of thiophene rings is 2. The third kappa shape index (κ3) is 2.79. The van der Waals surface area contributed by atoms with Gasteiger partial charge in [0.2, 0.25) is 0 Å². The second-order valence-corrected chi connectivity index (χ2v) is 8.41. The number of para-hydroxylation sites is 1. The zero-order valence-corrected chi connectivity index (χ0v) is 15.9. The van der Waals surface area contributed by atoms with Crippen molar-refractivity contribution >= 4 is 45.9 Å². The molecule has 2 aromatic heterocycles. The van der Waals surface area contributed by atoms with Crippen LogP contribution in [-0.2, 0) is 5.66 Å². The van der Waals surface area contributed by atoms with Crippen LogP contribution >= 0.6 is 22.7 Å². The molecule has 0 radical (unpaired) electrons. The van der Waals surface area contributed by atoms with E-state index in [0.29, 0.717) is 16.1 Å². The van der Waals surface area contributed by atoms with Crippen molar-refractivity contribution in [3.63, 3.8) is 0 Å². The zero-order valence-electron chi connectivity index (χ0n) is 14.3. The highest BCUT2D eigenvalue weighted by Crippen LogP contribution is 2.41. The number of aryl methyl sites for hydroxylation is 1. The summed E-state index contributed by atoms with van der Waals surface area (Å²) in [7, 11) is 0. The topological polar surface area (TPSA) is 70.2 Å². The lowest BCUT2D eigenvalue weighted by Gasteiger charge is -2.36. The summed E-state index contributed by atoms with van der Waals surface area (Å²) in [5, 5.41) is 11.3. The number of rotatable bonds is 3. The van der Waals surface area contributed by atoms with Gasteiger partial charge in [-0.3, -0.25) is 9.59 Å². The van der Waals surface area contributed by atoms with Gasteiger partial charge in [0, 0.05) is 15.4 Å². The van der Waals surface area contributed by atoms with Gasteiger partial charge < -0.3 is 16.0 Å². The minimum atomic E-state index is -0.743. The number of carbonyl (C=O) groups is 2. The van der Waals surface area contributed by atoms with Gasteiger partial charge in [0.1, 0.15) is 10.5 Å². The van der Waals surface area contributed by atoms with Gasteiger partial charge in [0.25, 0.3) is 11.8 Å². The summed E-state index contributed by atoms with van der Waals surface area (Å²) < 4.78 is 0. The maximum Gasteiger partial charge on any atom is 0.267 e. The van der Waals surface area contributed by atoms with Gasteiger partial charge in [-0.2, -0.15) is 0 Å². The fourth-order valence-corrected chi connectivity index (χ4v) is 4.86. The van der Waals surface area contributed by atoms with E-state index in [2.05, 4.69) is 16.0 Å². The van der Waals surface area contributed by atoms with E-state index in [1.807, 2.05) is 61.7 Å². The molecule has 3 aromatic rings. The van der Waals surface area contributed by atoms with Crippen LogP contribution in [0.25, 0.3) is 0 Å². The third-order valence-electron chi connectivity index (χ3n) is 4.30. The SMILES string of the molecule is Cc1sc(C(=O)Nc2ccccc2)c2c1C(=O)N[C@@](C)(c1cccs1)N2. The van der Waals surface area contributed by atoms with Crippen LogP contribution < -0.4 is 16.0 Å². The zero-order chi connectivity index (χ0) is 18.3. The number of fused-ring (bicyclic) bond motifs is 1. The van der Waals surface area contributed by atoms with Crippen LogP contribution in [-0.4, -0.2) is 11.8 Å². The van der Waals surface area contributed by atoms with Crippen molar-refractivity contribution in [3.8, 4) is 0 Å². The Morgan fingerprint density at radius 2 is 1.88 bits per heavy atom. The predicted molar refractivity (Wildman–Crippen MR) is 106 cm³/mol. The Bertz CT molecular complexity index is 980. The van der Waals surface area contributed by atoms with Gasteiger partial charge in [-0.25, -0.2) is 0 Å². The first kappa shape index (κ1) is 16.8. The van der Waals surface area contributed by atoms with Gasteiger partial charge >= 0.3 is 0 Å². The molecule has 4 rings (SSSR count). The molecule has 2 amide bonds. The van der Waals surface area contributed by atoms with Crippen molar-refractivity contribution in [2.75, 3.05) is 10.6 Å². The molecule has 0 fully saturated rings. The molecular weight excluding hydrogens is 366 g/mol. The molecule has 1 atom stereocenters. The minimum Gasteiger partial charge on any atom is -0.357 e. The maximum atomic E-state index is 12.8. The summed E-state index contributed by atoms with van der Waals surface area (Å²) in [6.07, 6.45) is 0. The normalized spacial score (nSPS) is 18.6. The highest BCUT2D eigenvalue weighted by molar-refractivity contribution is 7.15. The van der Waals surface area contributed by atoms with E-state index in [0.717, 1.165) is 15.4 Å². The van der Waals surface area contributed by atoms with Crippen LogP contribution in [0, 0.1) is 6.92 Å². The number of hydrogen-bond donors (Lipinski definition) is 3. The second kappa shape index (κ2) is 6.26. The molecule has 26 heavy (non-hydrogen) atoms. The molecule has 7 heteroatoms. The Balaban J connectivity index is 1.73. The highest BCUT2D eigenvalue weighted by Gasteiger charge is 2.40. The van der Waals surface area contributed by atoms with Gasteiger partial charge in [-0.15, -0.1) is 22.7 Å². The molecule has 0 bridgehead atoms. The third-order valence-corrected chi connectivity index (χ3v) is 6.50. The summed E-state index contributed by atoms with van der Waals surface area (Å²) in [5.41, 5.74) is 1.12. The molecule has 132 valence electrons. The molecule has 3 heterocycles. The van der Waals surface area contributed by atoms with Gasteiger partial charge in [-0.1, -0.05) is 24.3 Å². The summed E-state index contributed by atoms with van der Waals surface area (Å²) in [4.78, 5) is 27.9. The van der Waals surface area contributed by atoms with Crippen molar-refractivity contribution in [1.29, 1.82) is 0 Å². The van der Waals surface area contributed by atoms with E-state index in [1.54, 1.807) is 11.3 Å². The van der Waals surface area contributed by atoms with Crippen LogP contribution in [0.4, 0.5) is 11.4 Å². The number of hydrogen-bond acceptors (Lipinski definition) is 5. The Morgan fingerprint density at radius 3 is 2.58 bits per heavy atom. The largest absolute Gasteiger partial charge is 0.357 e. The molecule has 1 aliphatic rings. The Hall–Kier alpha value is -2.64. The van der Waals surface area contributed by atoms with Gasteiger partial charge in [0.15, 0.2) is 0 Å². The molecule has 0 saturated carbocycles. The van der Waals surface area contributed by atoms with E-state index in [1.165, 1.54) is 11.3 Å². The average molecular weight is 383 g/mol. The van der Waals surface area contributed by atoms with Crippen molar-refractivity contribution in [3.05, 3.63) is 68.0 Å². The van der Waals surface area contributed by atoms with E-state index < -0.39 is 5.66 Å². The van der Waals surface area contributed by atoms with Gasteiger partial charge in [0.05, 0.1) is 11.3 Å². The van der Waals surface area contributed by atoms with Crippen LogP contribution in [0.1, 0.15) is 36.7 Å². The predicted octanol–water partition coefficient (Wildman–Crippen LogP) is 4.40. The smallest absolute Gasteiger partial charge is 0.267 e. The molecule has 0 unspecified atom stereocenters. The Morgan fingerprint density at radius 1 is 1.12 bits per heavy atom. The lowest BCUT2D eigenvalue weighted by molar-refractivity contribution is 0.0908. The highest BCUT2D eigenvalue weighted by atomic mass is 32.1. The molecule has 0 saturated heterocycles. The standard InChI is InChI=1S/C19H17N3O2S2/c1-11-14-15(16(26-11)18(24)20-12-7-4-3-5-8-12)21-19(2,22-17(14)23)13-9-6-10-25-13/h3-10,21H,1-2H3,(H,20,24)(H,22,23)/t19-/m0/s1. The first-order chi connectivity index (χ1) is 12.5. The fourth-order valence-electron chi connectivity index (χ4n) is 3.06. The fraction of sp³-hybridized carbons (Fsp3) is 0.158. The van der Waals surface area contributed by atoms with Crippen LogP contribution in [0.5, 0.6) is 0 Å². The molecule has 5 nitrogen and oxygen atoms in total.